The van der Waals surface area contributed by atoms with Crippen LogP contribution in [0, 0.1) is 0 Å². The zero-order valence-corrected chi connectivity index (χ0v) is 87.0. The zero-order chi connectivity index (χ0) is 96.8. The number of furan rings is 2. The van der Waals surface area contributed by atoms with Gasteiger partial charge in [0.05, 0.1) is 0 Å². The molecule has 6 nitrogen and oxygen atoms in total. The lowest BCUT2D eigenvalue weighted by Crippen LogP contribution is -2.62. The predicted molar refractivity (Wildman–Crippen MR) is 591 cm³/mol. The topological polar surface area (TPSA) is 39.2 Å². The summed E-state index contributed by atoms with van der Waals surface area (Å²) in [5, 5.41) is 4.55. The van der Waals surface area contributed by atoms with Crippen LogP contribution in [0.2, 0.25) is 0 Å². The first-order valence-corrected chi connectivity index (χ1v) is 51.5. The maximum atomic E-state index is 7.32. The van der Waals surface area contributed by atoms with E-state index in [-0.39, 0.29) is 84.3 Å². The van der Waals surface area contributed by atoms with Gasteiger partial charge in [0, 0.05) is 107 Å². The second-order valence-electron chi connectivity index (χ2n) is 52.3. The molecule has 694 valence electrons. The van der Waals surface area contributed by atoms with E-state index in [1.54, 1.807) is 0 Å². The molecule has 4 aliphatic heterocycles. The molecule has 16 aromatic rings. The lowest BCUT2D eigenvalue weighted by molar-refractivity contribution is 0.330. The van der Waals surface area contributed by atoms with Gasteiger partial charge in [-0.05, 0) is 329 Å². The summed E-state index contributed by atoms with van der Waals surface area (Å²) in [5.41, 5.74) is 48.2. The van der Waals surface area contributed by atoms with Crippen LogP contribution in [-0.2, 0) is 65.0 Å². The molecule has 0 N–H and O–H groups in total. The molecule has 4 aliphatic carbocycles. The minimum atomic E-state index is -0.320. The fourth-order valence-corrected chi connectivity index (χ4v) is 27.7. The minimum absolute atomic E-state index is 0.00610. The Kier molecular flexibility index (Phi) is 18.6. The van der Waals surface area contributed by atoms with Crippen molar-refractivity contribution >= 4 is 158 Å². The van der Waals surface area contributed by atoms with Crippen LogP contribution in [0.15, 0.2) is 258 Å². The third kappa shape index (κ3) is 13.0. The molecule has 0 saturated carbocycles. The molecule has 0 fully saturated rings. The molecule has 0 spiro atoms. The van der Waals surface area contributed by atoms with E-state index in [2.05, 4.69) is 462 Å². The molecule has 0 amide bonds. The van der Waals surface area contributed by atoms with E-state index in [1.807, 2.05) is 0 Å². The highest BCUT2D eigenvalue weighted by atomic mass is 16.3. The third-order valence-corrected chi connectivity index (χ3v) is 35.4. The number of hydrogen-bond acceptors (Lipinski definition) is 6. The van der Waals surface area contributed by atoms with Crippen LogP contribution in [0.25, 0.3) is 66.1 Å². The molecule has 0 radical (unpaired) electrons. The Balaban J connectivity index is 0.622. The molecule has 2 aromatic heterocycles. The van der Waals surface area contributed by atoms with Crippen molar-refractivity contribution in [1.82, 2.24) is 0 Å². The smallest absolute Gasteiger partial charge is 0.252 e. The van der Waals surface area contributed by atoms with Gasteiger partial charge in [-0.1, -0.05) is 327 Å². The molecule has 0 bridgehead atoms. The van der Waals surface area contributed by atoms with E-state index < -0.39 is 0 Å². The molecule has 24 rings (SSSR count). The van der Waals surface area contributed by atoms with Crippen molar-refractivity contribution in [3.8, 4) is 22.3 Å². The summed E-state index contributed by atoms with van der Waals surface area (Å²) in [4.78, 5) is 10.7. The summed E-state index contributed by atoms with van der Waals surface area (Å²) in [7, 11) is 0. The van der Waals surface area contributed by atoms with Crippen LogP contribution in [0.5, 0.6) is 0 Å². The SMILES string of the molecule is CC(C)(C)c1ccc2c(c1)B1c3cc4c(cc3N(c3ccc5c(c3)C(C)(C)C(c3ccc6oc7c(-c8ccc(N9c%10cc(C(C)(C)C)ccc%10B%10c%11cc%12c(cc%11N(c%11ccc%13c(c%11)C(C)(C)CCC%13(C)C)c%11cc(C(C)(C)C)cc9c%11%10)C(C)(C)CCC%12(C)C)cc8)cccc7c6c3)C5(C)C)c3cc(C(C)(C)C)cc(c31)N2c1ccc(-c2cccc3c2oc2ccccc23)cc1)C(C)(C)CC4(C)C. The minimum Gasteiger partial charge on any atom is -0.455 e. The maximum absolute atomic E-state index is 7.32. The first kappa shape index (κ1) is 88.7. The first-order valence-electron chi connectivity index (χ1n) is 51.5. The Morgan fingerprint density at radius 1 is 0.261 bits per heavy atom. The van der Waals surface area contributed by atoms with Crippen molar-refractivity contribution in [3.63, 3.8) is 0 Å². The van der Waals surface area contributed by atoms with E-state index in [9.17, 15) is 0 Å². The van der Waals surface area contributed by atoms with Crippen molar-refractivity contribution in [2.24, 2.45) is 0 Å². The van der Waals surface area contributed by atoms with Crippen LogP contribution < -0.4 is 52.4 Å². The Morgan fingerprint density at radius 2 is 0.630 bits per heavy atom. The molecule has 14 aromatic carbocycles. The number of benzene rings is 14. The van der Waals surface area contributed by atoms with Crippen LogP contribution in [0.4, 0.5) is 68.2 Å². The monoisotopic (exact) mass is 1810 g/mol. The molecule has 8 aliphatic rings. The Hall–Kier alpha value is -12.0. The summed E-state index contributed by atoms with van der Waals surface area (Å²) >= 11 is 0. The number of anilines is 12. The van der Waals surface area contributed by atoms with Gasteiger partial charge in [0.2, 0.25) is 0 Å². The van der Waals surface area contributed by atoms with Gasteiger partial charge in [-0.15, -0.1) is 0 Å². The standard InChI is InChI=1S/C130H136B2N4O2/c1-119(2,3)78-45-55-104-101(62-78)132-103-71-96-98(128(23,24)74-127(96,21)22)73-107(103)136(111-67-80(121(7,8)9)64-108(115(111)132)133(104)82-46-39-75(40-47-82)86-34-31-36-89-88-33-29-30-38-112(88)137-116(86)89)85-51-53-93-99(69-85)130(27,28)118(129(93,25)26)77-43-56-113-91(61-77)90-37-32-35-87(117(90)138-113)76-41-48-83(49-42-76)134-105-63-79(120(4,5)6)44-54-100(105)131-102-70-95-97(126(19,20)60-59-125(95,17)18)72-106(102)135(110-66-81(122(10,11)12)65-109(134)114(110)131)84-50-52-92-94(68-84)124(15,16)58-57-123(92,13)14/h29-56,61-73,118H,57-60,74H2,1-28H3. The highest BCUT2D eigenvalue weighted by Gasteiger charge is 2.56. The van der Waals surface area contributed by atoms with Gasteiger partial charge in [-0.2, -0.15) is 0 Å². The molecule has 6 heterocycles. The molecule has 0 saturated heterocycles. The van der Waals surface area contributed by atoms with E-state index in [0.717, 1.165) is 103 Å². The average Bonchev–Trinajstić information content (AvgIpc) is 1.19. The number of rotatable bonds is 7. The Morgan fingerprint density at radius 3 is 1.14 bits per heavy atom. The van der Waals surface area contributed by atoms with E-state index in [1.165, 1.54) is 168 Å². The Bertz CT molecular complexity index is 7940. The van der Waals surface area contributed by atoms with Gasteiger partial charge in [0.25, 0.3) is 13.4 Å². The van der Waals surface area contributed by atoms with Gasteiger partial charge in [-0.3, -0.25) is 0 Å². The first-order chi connectivity index (χ1) is 64.9. The largest absolute Gasteiger partial charge is 0.455 e. The van der Waals surface area contributed by atoms with Gasteiger partial charge in [0.15, 0.2) is 0 Å². The fourth-order valence-electron chi connectivity index (χ4n) is 27.7. The van der Waals surface area contributed by atoms with E-state index >= 15 is 0 Å². The van der Waals surface area contributed by atoms with Crippen molar-refractivity contribution < 1.29 is 8.83 Å². The van der Waals surface area contributed by atoms with Crippen LogP contribution in [-0.4, -0.2) is 13.4 Å². The fraction of sp³-hybridized carbons (Fsp3) is 0.354. The Labute approximate surface area is 821 Å². The number of para-hydroxylation sites is 3. The molecule has 8 heteroatoms. The summed E-state index contributed by atoms with van der Waals surface area (Å²) in [5.74, 6) is 0.109. The zero-order valence-electron chi connectivity index (χ0n) is 87.0. The van der Waals surface area contributed by atoms with Gasteiger partial charge in [-0.25, -0.2) is 0 Å². The van der Waals surface area contributed by atoms with Crippen LogP contribution in [0.1, 0.15) is 304 Å². The van der Waals surface area contributed by atoms with Crippen LogP contribution >= 0.6 is 0 Å². The lowest BCUT2D eigenvalue weighted by atomic mass is 9.33. The van der Waals surface area contributed by atoms with Crippen LogP contribution in [0.3, 0.4) is 0 Å². The van der Waals surface area contributed by atoms with Crippen molar-refractivity contribution in [3.05, 3.63) is 321 Å². The van der Waals surface area contributed by atoms with Crippen molar-refractivity contribution in [2.75, 3.05) is 19.6 Å². The summed E-state index contributed by atoms with van der Waals surface area (Å²) in [6, 6.07) is 99.3. The number of fused-ring (bicyclic) bond motifs is 18. The summed E-state index contributed by atoms with van der Waals surface area (Å²) in [6.45, 7) is 68.6. The molecule has 1 unspecified atom stereocenters. The molecule has 138 heavy (non-hydrogen) atoms. The molecular formula is C130H136B2N4O2. The molecule has 1 atom stereocenters. The normalized spacial score (nSPS) is 18.9. The maximum Gasteiger partial charge on any atom is 0.252 e. The second-order valence-corrected chi connectivity index (χ2v) is 52.3. The average molecular weight is 1810 g/mol. The second kappa shape index (κ2) is 28.9. The summed E-state index contributed by atoms with van der Waals surface area (Å²) < 4.78 is 14.0. The highest BCUT2D eigenvalue weighted by Crippen LogP contribution is 2.63. The lowest BCUT2D eigenvalue weighted by Gasteiger charge is -2.48. The number of nitrogens with zero attached hydrogens (tertiary/aromatic N) is 4. The highest BCUT2D eigenvalue weighted by molar-refractivity contribution is 7.01. The van der Waals surface area contributed by atoms with E-state index in [0.29, 0.717) is 0 Å². The van der Waals surface area contributed by atoms with E-state index in [4.69, 9.17) is 8.83 Å². The van der Waals surface area contributed by atoms with Crippen molar-refractivity contribution in [2.45, 2.75) is 297 Å². The number of hydrogen-bond donors (Lipinski definition) is 0. The predicted octanol–water partition coefficient (Wildman–Crippen LogP) is 32.2. The quantitative estimate of drug-likeness (QED) is 0.148. The van der Waals surface area contributed by atoms with Gasteiger partial charge >= 0.3 is 0 Å². The third-order valence-electron chi connectivity index (χ3n) is 35.4. The van der Waals surface area contributed by atoms with Crippen molar-refractivity contribution in [1.29, 1.82) is 0 Å². The summed E-state index contributed by atoms with van der Waals surface area (Å²) in [6.07, 6.45) is 5.70. The van der Waals surface area contributed by atoms with Gasteiger partial charge < -0.3 is 28.4 Å². The molecular weight excluding hydrogens is 1670 g/mol. The van der Waals surface area contributed by atoms with Gasteiger partial charge in [0.1, 0.15) is 22.3 Å².